The molecule has 1 aromatic heterocycles. The number of aromatic nitrogens is 1. The molecule has 1 aromatic carbocycles. The van der Waals surface area contributed by atoms with Crippen LogP contribution in [0.5, 0.6) is 5.75 Å². The van der Waals surface area contributed by atoms with Crippen molar-refractivity contribution in [2.24, 2.45) is 0 Å². The van der Waals surface area contributed by atoms with Gasteiger partial charge in [0.05, 0.1) is 11.5 Å². The van der Waals surface area contributed by atoms with Gasteiger partial charge in [-0.25, -0.2) is 4.98 Å². The maximum absolute atomic E-state index is 5.71. The quantitative estimate of drug-likeness (QED) is 0.866. The molecule has 1 saturated carbocycles. The third-order valence-electron chi connectivity index (χ3n) is 3.90. The van der Waals surface area contributed by atoms with Crippen molar-refractivity contribution in [2.75, 3.05) is 6.61 Å². The molecule has 0 atom stereocenters. The number of ether oxygens (including phenoxy) is 1. The minimum atomic E-state index is 0.686. The molecule has 3 nitrogen and oxygen atoms in total. The Morgan fingerprint density at radius 1 is 1.29 bits per heavy atom. The molecule has 0 amide bonds. The van der Waals surface area contributed by atoms with Crippen LogP contribution < -0.4 is 10.1 Å². The summed E-state index contributed by atoms with van der Waals surface area (Å²) in [6.07, 6.45) is 7.32. The number of hydrogen-bond donors (Lipinski definition) is 1. The highest BCUT2D eigenvalue weighted by molar-refractivity contribution is 7.15. The average Bonchev–Trinajstić information content (AvgIpc) is 3.18. The molecule has 0 unspecified atom stereocenters. The molecule has 0 bridgehead atoms. The molecule has 21 heavy (non-hydrogen) atoms. The van der Waals surface area contributed by atoms with Crippen molar-refractivity contribution in [2.45, 2.75) is 45.2 Å². The number of rotatable bonds is 6. The lowest BCUT2D eigenvalue weighted by molar-refractivity contribution is 0.341. The third-order valence-corrected chi connectivity index (χ3v) is 4.93. The zero-order valence-electron chi connectivity index (χ0n) is 12.5. The van der Waals surface area contributed by atoms with Gasteiger partial charge in [0.2, 0.25) is 0 Å². The Morgan fingerprint density at radius 3 is 2.90 bits per heavy atom. The van der Waals surface area contributed by atoms with Crippen molar-refractivity contribution in [3.63, 3.8) is 0 Å². The Morgan fingerprint density at radius 2 is 2.10 bits per heavy atom. The molecule has 0 radical (unpaired) electrons. The van der Waals surface area contributed by atoms with Crippen LogP contribution in [0.2, 0.25) is 0 Å². The second kappa shape index (κ2) is 7.05. The fourth-order valence-electron chi connectivity index (χ4n) is 2.83. The Hall–Kier alpha value is -1.39. The standard InChI is InChI=1S/C17H22N2OS/c1-2-20-15-10-6-5-9-14(15)16-11-19-17(21-16)12-18-13-7-3-4-8-13/h5-6,9-11,13,18H,2-4,7-8,12H2,1H3. The van der Waals surface area contributed by atoms with Crippen LogP contribution in [0.15, 0.2) is 30.5 Å². The zero-order chi connectivity index (χ0) is 14.5. The van der Waals surface area contributed by atoms with Gasteiger partial charge in [0.1, 0.15) is 10.8 Å². The van der Waals surface area contributed by atoms with Gasteiger partial charge in [-0.2, -0.15) is 0 Å². The van der Waals surface area contributed by atoms with Gasteiger partial charge in [-0.15, -0.1) is 11.3 Å². The lowest BCUT2D eigenvalue weighted by Gasteiger charge is -2.09. The highest BCUT2D eigenvalue weighted by Crippen LogP contribution is 2.33. The highest BCUT2D eigenvalue weighted by atomic mass is 32.1. The van der Waals surface area contributed by atoms with Crippen LogP contribution in [0.1, 0.15) is 37.6 Å². The van der Waals surface area contributed by atoms with Gasteiger partial charge < -0.3 is 10.1 Å². The summed E-state index contributed by atoms with van der Waals surface area (Å²) in [4.78, 5) is 5.74. The first-order valence-corrected chi connectivity index (χ1v) is 8.58. The minimum Gasteiger partial charge on any atom is -0.493 e. The van der Waals surface area contributed by atoms with Gasteiger partial charge in [0.25, 0.3) is 0 Å². The van der Waals surface area contributed by atoms with E-state index in [2.05, 4.69) is 16.4 Å². The van der Waals surface area contributed by atoms with Crippen LogP contribution in [0, 0.1) is 0 Å². The molecule has 1 fully saturated rings. The van der Waals surface area contributed by atoms with Gasteiger partial charge in [-0.3, -0.25) is 0 Å². The van der Waals surface area contributed by atoms with E-state index in [0.717, 1.165) is 22.9 Å². The van der Waals surface area contributed by atoms with Gasteiger partial charge >= 0.3 is 0 Å². The summed E-state index contributed by atoms with van der Waals surface area (Å²) < 4.78 is 5.71. The van der Waals surface area contributed by atoms with Gasteiger partial charge in [-0.05, 0) is 31.9 Å². The monoisotopic (exact) mass is 302 g/mol. The Labute approximate surface area is 130 Å². The maximum Gasteiger partial charge on any atom is 0.127 e. The predicted molar refractivity (Wildman–Crippen MR) is 87.8 cm³/mol. The first kappa shape index (κ1) is 14.5. The second-order valence-electron chi connectivity index (χ2n) is 5.41. The van der Waals surface area contributed by atoms with Crippen LogP contribution >= 0.6 is 11.3 Å². The first-order valence-electron chi connectivity index (χ1n) is 7.77. The van der Waals surface area contributed by atoms with Gasteiger partial charge in [0, 0.05) is 24.3 Å². The van der Waals surface area contributed by atoms with E-state index in [1.165, 1.54) is 30.6 Å². The van der Waals surface area contributed by atoms with Crippen LogP contribution in [0.3, 0.4) is 0 Å². The molecule has 1 aliphatic carbocycles. The normalized spacial score (nSPS) is 15.5. The molecule has 0 spiro atoms. The molecule has 0 aliphatic heterocycles. The fourth-order valence-corrected chi connectivity index (χ4v) is 3.73. The van der Waals surface area contributed by atoms with Crippen LogP contribution in [-0.4, -0.2) is 17.6 Å². The van der Waals surface area contributed by atoms with Gasteiger partial charge in [-0.1, -0.05) is 25.0 Å². The summed E-state index contributed by atoms with van der Waals surface area (Å²) in [6.45, 7) is 3.58. The van der Waals surface area contributed by atoms with Crippen molar-refractivity contribution in [3.05, 3.63) is 35.5 Å². The smallest absolute Gasteiger partial charge is 0.127 e. The van der Waals surface area contributed by atoms with Crippen molar-refractivity contribution >= 4 is 11.3 Å². The molecule has 1 aliphatic rings. The molecule has 0 saturated heterocycles. The molecule has 4 heteroatoms. The van der Waals surface area contributed by atoms with E-state index in [1.807, 2.05) is 31.3 Å². The van der Waals surface area contributed by atoms with Gasteiger partial charge in [0.15, 0.2) is 0 Å². The summed E-state index contributed by atoms with van der Waals surface area (Å²) >= 11 is 1.76. The Bertz CT molecular complexity index is 576. The fraction of sp³-hybridized carbons (Fsp3) is 0.471. The molecule has 1 N–H and O–H groups in total. The lowest BCUT2D eigenvalue weighted by Crippen LogP contribution is -2.25. The summed E-state index contributed by atoms with van der Waals surface area (Å²) in [7, 11) is 0. The highest BCUT2D eigenvalue weighted by Gasteiger charge is 2.15. The maximum atomic E-state index is 5.71. The lowest BCUT2D eigenvalue weighted by atomic mass is 10.2. The van der Waals surface area contributed by atoms with Crippen molar-refractivity contribution in [1.29, 1.82) is 0 Å². The van der Waals surface area contributed by atoms with Crippen molar-refractivity contribution in [3.8, 4) is 16.2 Å². The molecule has 2 aromatic rings. The van der Waals surface area contributed by atoms with E-state index in [0.29, 0.717) is 12.6 Å². The number of benzene rings is 1. The number of nitrogens with zero attached hydrogens (tertiary/aromatic N) is 1. The number of thiazole rings is 1. The van der Waals surface area contributed by atoms with Crippen LogP contribution in [-0.2, 0) is 6.54 Å². The SMILES string of the molecule is CCOc1ccccc1-c1cnc(CNC2CCCC2)s1. The van der Waals surface area contributed by atoms with E-state index in [4.69, 9.17) is 4.74 Å². The number of para-hydroxylation sites is 1. The van der Waals surface area contributed by atoms with Crippen LogP contribution in [0.25, 0.3) is 10.4 Å². The molecular weight excluding hydrogens is 280 g/mol. The van der Waals surface area contributed by atoms with Crippen molar-refractivity contribution < 1.29 is 4.74 Å². The predicted octanol–water partition coefficient (Wildman–Crippen LogP) is 4.24. The van der Waals surface area contributed by atoms with E-state index < -0.39 is 0 Å². The Balaban J connectivity index is 1.69. The number of hydrogen-bond acceptors (Lipinski definition) is 4. The van der Waals surface area contributed by atoms with E-state index in [9.17, 15) is 0 Å². The summed E-state index contributed by atoms with van der Waals surface area (Å²) in [5, 5.41) is 4.77. The van der Waals surface area contributed by atoms with E-state index in [1.54, 1.807) is 11.3 Å². The topological polar surface area (TPSA) is 34.1 Å². The zero-order valence-corrected chi connectivity index (χ0v) is 13.3. The summed E-state index contributed by atoms with van der Waals surface area (Å²) in [5.74, 6) is 0.943. The van der Waals surface area contributed by atoms with Crippen molar-refractivity contribution in [1.82, 2.24) is 10.3 Å². The summed E-state index contributed by atoms with van der Waals surface area (Å²) in [6, 6.07) is 8.88. The summed E-state index contributed by atoms with van der Waals surface area (Å²) in [5.41, 5.74) is 1.14. The molecule has 3 rings (SSSR count). The van der Waals surface area contributed by atoms with Crippen LogP contribution in [0.4, 0.5) is 0 Å². The molecule has 112 valence electrons. The molecule has 1 heterocycles. The third kappa shape index (κ3) is 3.63. The Kier molecular flexibility index (Phi) is 4.88. The first-order chi connectivity index (χ1) is 10.4. The minimum absolute atomic E-state index is 0.686. The average molecular weight is 302 g/mol. The largest absolute Gasteiger partial charge is 0.493 e. The number of nitrogens with one attached hydrogen (secondary N) is 1. The van der Waals surface area contributed by atoms with E-state index >= 15 is 0 Å². The van der Waals surface area contributed by atoms with E-state index in [-0.39, 0.29) is 0 Å². The molecular formula is C17H22N2OS. The second-order valence-corrected chi connectivity index (χ2v) is 6.52.